The summed E-state index contributed by atoms with van der Waals surface area (Å²) in [7, 11) is -3.78. The molecule has 17 heavy (non-hydrogen) atoms. The topological polar surface area (TPSA) is 118 Å². The van der Waals surface area contributed by atoms with Crippen molar-refractivity contribution in [1.29, 1.82) is 0 Å². The first kappa shape index (κ1) is 11.8. The summed E-state index contributed by atoms with van der Waals surface area (Å²) in [5, 5.41) is 11.9. The molecule has 2 aromatic heterocycles. The Bertz CT molecular complexity index is 574. The van der Waals surface area contributed by atoms with Gasteiger partial charge in [-0.15, -0.1) is 0 Å². The van der Waals surface area contributed by atoms with Gasteiger partial charge in [0.2, 0.25) is 11.5 Å². The van der Waals surface area contributed by atoms with Crippen molar-refractivity contribution in [2.24, 2.45) is 0 Å². The highest BCUT2D eigenvalue weighted by molar-refractivity contribution is 7.89. The minimum atomic E-state index is -3.78. The zero-order chi connectivity index (χ0) is 12.3. The van der Waals surface area contributed by atoms with Crippen molar-refractivity contribution in [2.45, 2.75) is 18.2 Å². The predicted molar refractivity (Wildman–Crippen MR) is 53.0 cm³/mol. The summed E-state index contributed by atoms with van der Waals surface area (Å²) in [6, 6.07) is 2.63. The van der Waals surface area contributed by atoms with E-state index in [9.17, 15) is 8.42 Å². The summed E-state index contributed by atoms with van der Waals surface area (Å²) in [5.41, 5.74) is 0. The van der Waals surface area contributed by atoms with Gasteiger partial charge in [0.1, 0.15) is 12.4 Å². The van der Waals surface area contributed by atoms with E-state index < -0.39 is 10.0 Å². The number of aromatic nitrogens is 2. The van der Waals surface area contributed by atoms with Crippen molar-refractivity contribution in [3.05, 3.63) is 30.1 Å². The number of rotatable bonds is 5. The SMILES string of the molecule is O=S(=O)(NCc1ncon1)c1ccc(CO)o1. The summed E-state index contributed by atoms with van der Waals surface area (Å²) >= 11 is 0. The number of aliphatic hydroxyl groups excluding tert-OH is 1. The van der Waals surface area contributed by atoms with E-state index >= 15 is 0 Å². The number of nitrogens with one attached hydrogen (secondary N) is 1. The highest BCUT2D eigenvalue weighted by Gasteiger charge is 2.19. The first-order chi connectivity index (χ1) is 8.12. The smallest absolute Gasteiger partial charge is 0.274 e. The quantitative estimate of drug-likeness (QED) is 0.752. The van der Waals surface area contributed by atoms with Crippen LogP contribution < -0.4 is 4.72 Å². The molecule has 0 aliphatic heterocycles. The Labute approximate surface area is 96.3 Å². The molecule has 2 heterocycles. The summed E-state index contributed by atoms with van der Waals surface area (Å²) < 4.78 is 35.0. The second-order valence-electron chi connectivity index (χ2n) is 3.05. The third kappa shape index (κ3) is 2.70. The molecule has 0 amide bonds. The number of furan rings is 1. The zero-order valence-electron chi connectivity index (χ0n) is 8.53. The van der Waals surface area contributed by atoms with Crippen LogP contribution in [0.25, 0.3) is 0 Å². The number of hydrogen-bond donors (Lipinski definition) is 2. The van der Waals surface area contributed by atoms with Gasteiger partial charge in [-0.1, -0.05) is 5.16 Å². The molecule has 0 spiro atoms. The normalized spacial score (nSPS) is 11.8. The lowest BCUT2D eigenvalue weighted by molar-refractivity contribution is 0.236. The fraction of sp³-hybridized carbons (Fsp3) is 0.250. The van der Waals surface area contributed by atoms with Crippen LogP contribution in [0.15, 0.2) is 32.6 Å². The van der Waals surface area contributed by atoms with Gasteiger partial charge in [-0.3, -0.25) is 0 Å². The molecule has 0 aliphatic rings. The van der Waals surface area contributed by atoms with Gasteiger partial charge in [-0.25, -0.2) is 13.1 Å². The van der Waals surface area contributed by atoms with Crippen molar-refractivity contribution < 1.29 is 22.5 Å². The van der Waals surface area contributed by atoms with Gasteiger partial charge in [-0.05, 0) is 12.1 Å². The van der Waals surface area contributed by atoms with E-state index in [1.54, 1.807) is 0 Å². The number of sulfonamides is 1. The lowest BCUT2D eigenvalue weighted by atomic mass is 10.5. The average molecular weight is 259 g/mol. The van der Waals surface area contributed by atoms with Crippen molar-refractivity contribution >= 4 is 10.0 Å². The van der Waals surface area contributed by atoms with E-state index in [-0.39, 0.29) is 29.8 Å². The third-order valence-electron chi connectivity index (χ3n) is 1.88. The summed E-state index contributed by atoms with van der Waals surface area (Å²) in [6.07, 6.45) is 1.10. The number of nitrogens with zero attached hydrogens (tertiary/aromatic N) is 2. The maximum Gasteiger partial charge on any atom is 0.274 e. The molecule has 9 heteroatoms. The van der Waals surface area contributed by atoms with Crippen LogP contribution >= 0.6 is 0 Å². The molecule has 2 N–H and O–H groups in total. The van der Waals surface area contributed by atoms with Crippen molar-refractivity contribution in [1.82, 2.24) is 14.9 Å². The van der Waals surface area contributed by atoms with Crippen LogP contribution in [-0.4, -0.2) is 23.7 Å². The lowest BCUT2D eigenvalue weighted by Crippen LogP contribution is -2.23. The predicted octanol–water partition coefficient (Wildman–Crippen LogP) is -0.367. The Balaban J connectivity index is 2.08. The van der Waals surface area contributed by atoms with Gasteiger partial charge >= 0.3 is 0 Å². The van der Waals surface area contributed by atoms with Crippen LogP contribution in [0.3, 0.4) is 0 Å². The number of aliphatic hydroxyl groups is 1. The van der Waals surface area contributed by atoms with Gasteiger partial charge in [0.25, 0.3) is 10.0 Å². The second kappa shape index (κ2) is 4.65. The minimum absolute atomic E-state index is 0.103. The van der Waals surface area contributed by atoms with E-state index in [4.69, 9.17) is 9.52 Å². The monoisotopic (exact) mass is 259 g/mol. The van der Waals surface area contributed by atoms with Crippen LogP contribution in [0.1, 0.15) is 11.6 Å². The maximum atomic E-state index is 11.7. The van der Waals surface area contributed by atoms with Crippen LogP contribution in [0.2, 0.25) is 0 Å². The summed E-state index contributed by atoms with van der Waals surface area (Å²) in [6.45, 7) is -0.464. The molecule has 0 unspecified atom stereocenters. The summed E-state index contributed by atoms with van der Waals surface area (Å²) in [5.74, 6) is 0.382. The average Bonchev–Trinajstić information content (AvgIpc) is 2.98. The molecule has 0 atom stereocenters. The molecule has 0 aliphatic carbocycles. The van der Waals surface area contributed by atoms with E-state index in [1.165, 1.54) is 12.1 Å². The Morgan fingerprint density at radius 3 is 2.82 bits per heavy atom. The second-order valence-corrected chi connectivity index (χ2v) is 4.75. The first-order valence-electron chi connectivity index (χ1n) is 4.56. The van der Waals surface area contributed by atoms with Crippen molar-refractivity contribution in [3.8, 4) is 0 Å². The largest absolute Gasteiger partial charge is 0.446 e. The molecule has 0 saturated carbocycles. The van der Waals surface area contributed by atoms with E-state index in [0.717, 1.165) is 6.39 Å². The van der Waals surface area contributed by atoms with Crippen LogP contribution in [0, 0.1) is 0 Å². The molecular formula is C8H9N3O5S. The Kier molecular flexibility index (Phi) is 3.22. The molecule has 8 nitrogen and oxygen atoms in total. The Morgan fingerprint density at radius 2 is 2.24 bits per heavy atom. The molecule has 0 radical (unpaired) electrons. The molecule has 0 fully saturated rings. The molecular weight excluding hydrogens is 250 g/mol. The van der Waals surface area contributed by atoms with Gasteiger partial charge in [0.05, 0.1) is 6.54 Å². The summed E-state index contributed by atoms with van der Waals surface area (Å²) in [4.78, 5) is 3.66. The van der Waals surface area contributed by atoms with Crippen LogP contribution in [0.5, 0.6) is 0 Å². The van der Waals surface area contributed by atoms with Crippen LogP contribution in [0.4, 0.5) is 0 Å². The molecule has 92 valence electrons. The number of hydrogen-bond acceptors (Lipinski definition) is 7. The molecule has 0 saturated heterocycles. The molecule has 2 rings (SSSR count). The molecule has 2 aromatic rings. The van der Waals surface area contributed by atoms with Crippen LogP contribution in [-0.2, 0) is 23.2 Å². The first-order valence-corrected chi connectivity index (χ1v) is 6.04. The molecule has 0 bridgehead atoms. The maximum absolute atomic E-state index is 11.7. The Morgan fingerprint density at radius 1 is 1.41 bits per heavy atom. The van der Waals surface area contributed by atoms with Gasteiger partial charge < -0.3 is 14.0 Å². The standard InChI is InChI=1S/C8H9N3O5S/c12-4-6-1-2-8(16-6)17(13,14)10-3-7-9-5-15-11-7/h1-2,5,10,12H,3-4H2. The third-order valence-corrected chi connectivity index (χ3v) is 3.16. The van der Waals surface area contributed by atoms with Gasteiger partial charge in [0, 0.05) is 0 Å². The van der Waals surface area contributed by atoms with E-state index in [2.05, 4.69) is 19.4 Å². The van der Waals surface area contributed by atoms with Gasteiger partial charge in [0.15, 0.2) is 5.82 Å². The lowest BCUT2D eigenvalue weighted by Gasteiger charge is -2.00. The van der Waals surface area contributed by atoms with E-state index in [0.29, 0.717) is 0 Å². The highest BCUT2D eigenvalue weighted by Crippen LogP contribution is 2.13. The van der Waals surface area contributed by atoms with Gasteiger partial charge in [-0.2, -0.15) is 4.98 Å². The minimum Gasteiger partial charge on any atom is -0.446 e. The highest BCUT2D eigenvalue weighted by atomic mass is 32.2. The molecule has 0 aromatic carbocycles. The Hall–Kier alpha value is -1.71. The fourth-order valence-corrected chi connectivity index (χ4v) is 2.01. The van der Waals surface area contributed by atoms with Crippen molar-refractivity contribution in [3.63, 3.8) is 0 Å². The zero-order valence-corrected chi connectivity index (χ0v) is 9.35. The van der Waals surface area contributed by atoms with Crippen molar-refractivity contribution in [2.75, 3.05) is 0 Å². The fourth-order valence-electron chi connectivity index (χ4n) is 1.09. The van der Waals surface area contributed by atoms with E-state index in [1.807, 2.05) is 0 Å².